The molecule has 0 unspecified atom stereocenters. The average Bonchev–Trinajstić information content (AvgIpc) is 2.34. The van der Waals surface area contributed by atoms with Crippen molar-refractivity contribution in [1.82, 2.24) is 4.98 Å². The molecule has 0 saturated carbocycles. The standard InChI is InChI=1S/C13H22N3/c1-5-15(6-2)12-9-10-14-11-13(12)16(7-3)8-4/h9-10H,5-8H2,1-4H3. The summed E-state index contributed by atoms with van der Waals surface area (Å²) in [6.07, 6.45) is 4.94. The zero-order valence-corrected chi connectivity index (χ0v) is 10.8. The zero-order valence-electron chi connectivity index (χ0n) is 10.8. The molecule has 0 bridgehead atoms. The van der Waals surface area contributed by atoms with Crippen LogP contribution < -0.4 is 9.80 Å². The Morgan fingerprint density at radius 3 is 2.06 bits per heavy atom. The molecule has 0 saturated heterocycles. The summed E-state index contributed by atoms with van der Waals surface area (Å²) >= 11 is 0. The lowest BCUT2D eigenvalue weighted by molar-refractivity contribution is 0.828. The lowest BCUT2D eigenvalue weighted by Crippen LogP contribution is -2.28. The third kappa shape index (κ3) is 2.65. The van der Waals surface area contributed by atoms with Crippen molar-refractivity contribution in [3.05, 3.63) is 18.5 Å². The Bertz CT molecular complexity index is 273. The number of aromatic nitrogens is 1. The minimum Gasteiger partial charge on any atom is -0.370 e. The molecule has 0 amide bonds. The number of pyridine rings is 1. The highest BCUT2D eigenvalue weighted by atomic mass is 15.2. The summed E-state index contributed by atoms with van der Waals surface area (Å²) in [6, 6.07) is 2.08. The van der Waals surface area contributed by atoms with Crippen LogP contribution in [-0.2, 0) is 0 Å². The maximum Gasteiger partial charge on any atom is 0.116 e. The molecule has 3 nitrogen and oxygen atoms in total. The molecule has 0 fully saturated rings. The van der Waals surface area contributed by atoms with Gasteiger partial charge in [-0.2, -0.15) is 0 Å². The van der Waals surface area contributed by atoms with Gasteiger partial charge in [-0.25, -0.2) is 0 Å². The molecule has 0 aliphatic carbocycles. The van der Waals surface area contributed by atoms with E-state index in [-0.39, 0.29) is 0 Å². The number of anilines is 2. The van der Waals surface area contributed by atoms with Crippen molar-refractivity contribution in [3.8, 4) is 0 Å². The minimum absolute atomic E-state index is 0.993. The van der Waals surface area contributed by atoms with Crippen LogP contribution in [0.4, 0.5) is 11.4 Å². The highest BCUT2D eigenvalue weighted by Gasteiger charge is 2.12. The molecule has 1 aromatic rings. The van der Waals surface area contributed by atoms with Gasteiger partial charge in [-0.15, -0.1) is 0 Å². The van der Waals surface area contributed by atoms with Gasteiger partial charge in [-0.3, -0.25) is 4.98 Å². The molecule has 0 aliphatic rings. The first-order chi connectivity index (χ1) is 7.78. The molecule has 1 radical (unpaired) electrons. The summed E-state index contributed by atoms with van der Waals surface area (Å²) in [5.41, 5.74) is 2.36. The molecule has 3 heteroatoms. The monoisotopic (exact) mass is 220 g/mol. The van der Waals surface area contributed by atoms with Crippen LogP contribution in [0, 0.1) is 6.20 Å². The minimum atomic E-state index is 0.993. The zero-order chi connectivity index (χ0) is 12.0. The predicted molar refractivity (Wildman–Crippen MR) is 70.2 cm³/mol. The lowest BCUT2D eigenvalue weighted by Gasteiger charge is -2.29. The molecular weight excluding hydrogens is 198 g/mol. The van der Waals surface area contributed by atoms with E-state index in [4.69, 9.17) is 0 Å². The van der Waals surface area contributed by atoms with Gasteiger partial charge in [-0.1, -0.05) is 0 Å². The van der Waals surface area contributed by atoms with Crippen molar-refractivity contribution in [1.29, 1.82) is 0 Å². The molecule has 16 heavy (non-hydrogen) atoms. The maximum atomic E-state index is 4.12. The first-order valence-corrected chi connectivity index (χ1v) is 6.14. The van der Waals surface area contributed by atoms with Crippen LogP contribution in [-0.4, -0.2) is 31.2 Å². The van der Waals surface area contributed by atoms with Crippen molar-refractivity contribution in [2.24, 2.45) is 0 Å². The summed E-state index contributed by atoms with van der Waals surface area (Å²) in [6.45, 7) is 12.7. The van der Waals surface area contributed by atoms with Crippen molar-refractivity contribution >= 4 is 11.4 Å². The van der Waals surface area contributed by atoms with Gasteiger partial charge in [0.25, 0.3) is 0 Å². The number of hydrogen-bond acceptors (Lipinski definition) is 3. The average molecular weight is 220 g/mol. The maximum absolute atomic E-state index is 4.12. The first-order valence-electron chi connectivity index (χ1n) is 6.14. The molecule has 0 N–H and O–H groups in total. The molecule has 1 rings (SSSR count). The lowest BCUT2D eigenvalue weighted by atomic mass is 10.2. The van der Waals surface area contributed by atoms with Crippen LogP contribution in [0.3, 0.4) is 0 Å². The highest BCUT2D eigenvalue weighted by molar-refractivity contribution is 5.69. The van der Waals surface area contributed by atoms with E-state index in [0.29, 0.717) is 0 Å². The summed E-state index contributed by atoms with van der Waals surface area (Å²) in [4.78, 5) is 8.75. The highest BCUT2D eigenvalue weighted by Crippen LogP contribution is 2.27. The molecule has 0 atom stereocenters. The summed E-state index contributed by atoms with van der Waals surface area (Å²) in [5.74, 6) is 0. The van der Waals surface area contributed by atoms with Crippen LogP contribution in [0.5, 0.6) is 0 Å². The normalized spacial score (nSPS) is 10.2. The largest absolute Gasteiger partial charge is 0.370 e. The third-order valence-corrected chi connectivity index (χ3v) is 2.90. The molecular formula is C13H22N3. The first kappa shape index (κ1) is 12.8. The Balaban J connectivity index is 3.07. The topological polar surface area (TPSA) is 19.4 Å². The van der Waals surface area contributed by atoms with Crippen LogP contribution in [0.15, 0.2) is 12.3 Å². The van der Waals surface area contributed by atoms with E-state index in [2.05, 4.69) is 54.7 Å². The number of nitrogens with zero attached hydrogens (tertiary/aromatic N) is 3. The van der Waals surface area contributed by atoms with Gasteiger partial charge in [0.05, 0.1) is 11.4 Å². The Kier molecular flexibility index (Phi) is 5.09. The van der Waals surface area contributed by atoms with Crippen molar-refractivity contribution in [2.75, 3.05) is 36.0 Å². The van der Waals surface area contributed by atoms with Crippen LogP contribution in [0.2, 0.25) is 0 Å². The number of hydrogen-bond donors (Lipinski definition) is 0. The van der Waals surface area contributed by atoms with Gasteiger partial charge in [-0.05, 0) is 33.8 Å². The second kappa shape index (κ2) is 6.36. The molecule has 1 aromatic heterocycles. The predicted octanol–water partition coefficient (Wildman–Crippen LogP) is 2.57. The molecule has 0 spiro atoms. The van der Waals surface area contributed by atoms with Gasteiger partial charge in [0.15, 0.2) is 0 Å². The summed E-state index contributed by atoms with van der Waals surface area (Å²) in [7, 11) is 0. The fourth-order valence-corrected chi connectivity index (χ4v) is 1.93. The SMILES string of the molecule is CCN(CC)c1[c]nccc1N(CC)CC. The van der Waals surface area contributed by atoms with Crippen LogP contribution in [0.1, 0.15) is 27.7 Å². The van der Waals surface area contributed by atoms with E-state index < -0.39 is 0 Å². The van der Waals surface area contributed by atoms with Gasteiger partial charge in [0.1, 0.15) is 6.20 Å². The van der Waals surface area contributed by atoms with Crippen LogP contribution in [0.25, 0.3) is 0 Å². The van der Waals surface area contributed by atoms with E-state index in [0.717, 1.165) is 31.9 Å². The quantitative estimate of drug-likeness (QED) is 0.734. The molecule has 1 heterocycles. The third-order valence-electron chi connectivity index (χ3n) is 2.90. The Morgan fingerprint density at radius 1 is 1.00 bits per heavy atom. The van der Waals surface area contributed by atoms with Crippen LogP contribution >= 0.6 is 0 Å². The second-order valence-corrected chi connectivity index (χ2v) is 3.64. The Hall–Kier alpha value is -1.25. The fourth-order valence-electron chi connectivity index (χ4n) is 1.93. The Morgan fingerprint density at radius 2 is 1.56 bits per heavy atom. The van der Waals surface area contributed by atoms with Gasteiger partial charge < -0.3 is 9.80 Å². The summed E-state index contributed by atoms with van der Waals surface area (Å²) < 4.78 is 0. The van der Waals surface area contributed by atoms with E-state index >= 15 is 0 Å². The summed E-state index contributed by atoms with van der Waals surface area (Å²) in [5, 5.41) is 0. The van der Waals surface area contributed by atoms with Crippen molar-refractivity contribution in [2.45, 2.75) is 27.7 Å². The Labute approximate surface area is 99.1 Å². The molecule has 0 aromatic carbocycles. The van der Waals surface area contributed by atoms with E-state index in [9.17, 15) is 0 Å². The van der Waals surface area contributed by atoms with Gasteiger partial charge in [0, 0.05) is 32.4 Å². The number of rotatable bonds is 6. The van der Waals surface area contributed by atoms with E-state index in [1.807, 2.05) is 6.20 Å². The van der Waals surface area contributed by atoms with Gasteiger partial charge in [0.2, 0.25) is 0 Å². The van der Waals surface area contributed by atoms with Crippen molar-refractivity contribution in [3.63, 3.8) is 0 Å². The molecule has 0 aliphatic heterocycles. The van der Waals surface area contributed by atoms with Gasteiger partial charge >= 0.3 is 0 Å². The molecule has 89 valence electrons. The van der Waals surface area contributed by atoms with E-state index in [1.54, 1.807) is 0 Å². The van der Waals surface area contributed by atoms with Crippen molar-refractivity contribution < 1.29 is 0 Å². The van der Waals surface area contributed by atoms with E-state index in [1.165, 1.54) is 5.69 Å². The smallest absolute Gasteiger partial charge is 0.116 e. The second-order valence-electron chi connectivity index (χ2n) is 3.64. The fraction of sp³-hybridized carbons (Fsp3) is 0.615.